The summed E-state index contributed by atoms with van der Waals surface area (Å²) in [7, 11) is 0. The van der Waals surface area contributed by atoms with Crippen LogP contribution in [-0.4, -0.2) is 54.0 Å². The van der Waals surface area contributed by atoms with E-state index in [0.717, 1.165) is 40.4 Å². The lowest BCUT2D eigenvalue weighted by atomic mass is 9.82. The molecular formula is C38H49N5O2. The van der Waals surface area contributed by atoms with E-state index in [1.807, 2.05) is 65.6 Å². The Bertz CT molecular complexity index is 1440. The van der Waals surface area contributed by atoms with Crippen molar-refractivity contribution in [1.29, 1.82) is 0 Å². The summed E-state index contributed by atoms with van der Waals surface area (Å²) in [5.74, 6) is 0.286. The van der Waals surface area contributed by atoms with Gasteiger partial charge >= 0.3 is 6.03 Å². The first-order chi connectivity index (χ1) is 21.7. The number of carbonyl (C=O) groups is 2. The van der Waals surface area contributed by atoms with Gasteiger partial charge in [0.15, 0.2) is 0 Å². The van der Waals surface area contributed by atoms with E-state index in [-0.39, 0.29) is 17.4 Å². The fourth-order valence-corrected chi connectivity index (χ4v) is 6.01. The Kier molecular flexibility index (Phi) is 12.5. The van der Waals surface area contributed by atoms with Gasteiger partial charge in [-0.3, -0.25) is 9.78 Å². The lowest BCUT2D eigenvalue weighted by Gasteiger charge is -2.30. The number of hydrogen-bond donors (Lipinski definition) is 3. The molecule has 1 heterocycles. The Balaban J connectivity index is 1.54. The standard InChI is InChI=1S/C38H49N5O2/c1-29(19-22-39)27-38(2,3)28-41-36(44)35(26-32-16-11-15-31-14-7-8-18-34(31)32)42-37(45)43(24-20-30-12-5-4-6-13-30)25-21-33-17-9-10-23-40-33/h4-18,23,29,35H,19-22,24-28,39H2,1-3H3,(H,41,44)(H,42,45). The quantitative estimate of drug-likeness (QED) is 0.142. The molecule has 45 heavy (non-hydrogen) atoms. The van der Waals surface area contributed by atoms with Gasteiger partial charge in [-0.25, -0.2) is 4.79 Å². The summed E-state index contributed by atoms with van der Waals surface area (Å²) in [6, 6.07) is 29.3. The molecule has 0 bridgehead atoms. The average Bonchev–Trinajstić information content (AvgIpc) is 3.04. The number of nitrogens with zero attached hydrogens (tertiary/aromatic N) is 2. The van der Waals surface area contributed by atoms with Gasteiger partial charge in [-0.1, -0.05) is 99.6 Å². The number of nitrogens with one attached hydrogen (secondary N) is 2. The van der Waals surface area contributed by atoms with Crippen molar-refractivity contribution < 1.29 is 9.59 Å². The minimum atomic E-state index is -0.741. The normalized spacial score (nSPS) is 12.8. The first kappa shape index (κ1) is 33.7. The molecule has 0 radical (unpaired) electrons. The lowest BCUT2D eigenvalue weighted by Crippen LogP contribution is -2.53. The average molecular weight is 608 g/mol. The predicted octanol–water partition coefficient (Wildman–Crippen LogP) is 6.16. The molecule has 0 aliphatic rings. The van der Waals surface area contributed by atoms with E-state index < -0.39 is 6.04 Å². The highest BCUT2D eigenvalue weighted by Crippen LogP contribution is 2.26. The SMILES string of the molecule is CC(CCN)CC(C)(C)CNC(=O)C(Cc1cccc2ccccc12)NC(=O)N(CCc1ccccc1)CCc1ccccn1. The number of nitrogens with two attached hydrogens (primary N) is 1. The second kappa shape index (κ2) is 16.7. The van der Waals surface area contributed by atoms with Gasteiger partial charge in [0.25, 0.3) is 0 Å². The van der Waals surface area contributed by atoms with Crippen molar-refractivity contribution >= 4 is 22.7 Å². The van der Waals surface area contributed by atoms with Crippen LogP contribution in [0.25, 0.3) is 10.8 Å². The molecule has 0 spiro atoms. The molecule has 1 aromatic heterocycles. The molecule has 7 nitrogen and oxygen atoms in total. The van der Waals surface area contributed by atoms with E-state index in [1.54, 1.807) is 6.20 Å². The third-order valence-corrected chi connectivity index (χ3v) is 8.38. The number of aromatic nitrogens is 1. The summed E-state index contributed by atoms with van der Waals surface area (Å²) in [5, 5.41) is 8.51. The molecule has 3 aromatic carbocycles. The van der Waals surface area contributed by atoms with Crippen LogP contribution in [0.15, 0.2) is 97.2 Å². The van der Waals surface area contributed by atoms with Gasteiger partial charge in [0.2, 0.25) is 5.91 Å². The van der Waals surface area contributed by atoms with Crippen LogP contribution in [0.4, 0.5) is 4.79 Å². The van der Waals surface area contributed by atoms with Crippen LogP contribution in [0.5, 0.6) is 0 Å². The van der Waals surface area contributed by atoms with Crippen molar-refractivity contribution in [2.24, 2.45) is 17.1 Å². The first-order valence-electron chi connectivity index (χ1n) is 16.2. The smallest absolute Gasteiger partial charge is 0.318 e. The number of amides is 3. The number of fused-ring (bicyclic) bond motifs is 1. The molecule has 2 unspecified atom stereocenters. The molecule has 4 aromatic rings. The van der Waals surface area contributed by atoms with E-state index in [9.17, 15) is 9.59 Å². The number of pyridine rings is 1. The second-order valence-electron chi connectivity index (χ2n) is 12.9. The van der Waals surface area contributed by atoms with Crippen LogP contribution in [0.3, 0.4) is 0 Å². The number of rotatable bonds is 16. The van der Waals surface area contributed by atoms with E-state index in [0.29, 0.717) is 51.4 Å². The van der Waals surface area contributed by atoms with Gasteiger partial charge in [0.1, 0.15) is 6.04 Å². The van der Waals surface area contributed by atoms with Crippen molar-refractivity contribution in [2.45, 2.75) is 58.9 Å². The monoisotopic (exact) mass is 607 g/mol. The number of urea groups is 1. The highest BCUT2D eigenvalue weighted by atomic mass is 16.2. The second-order valence-corrected chi connectivity index (χ2v) is 12.9. The van der Waals surface area contributed by atoms with Crippen molar-refractivity contribution in [3.05, 3.63) is 114 Å². The largest absolute Gasteiger partial charge is 0.354 e. The fourth-order valence-electron chi connectivity index (χ4n) is 6.01. The summed E-state index contributed by atoms with van der Waals surface area (Å²) >= 11 is 0. The first-order valence-corrected chi connectivity index (χ1v) is 16.2. The van der Waals surface area contributed by atoms with E-state index in [1.165, 1.54) is 0 Å². The number of hydrogen-bond acceptors (Lipinski definition) is 4. The maximum atomic E-state index is 14.0. The Labute approximate surface area is 268 Å². The van der Waals surface area contributed by atoms with E-state index >= 15 is 0 Å². The lowest BCUT2D eigenvalue weighted by molar-refractivity contribution is -0.123. The van der Waals surface area contributed by atoms with Crippen LogP contribution in [0, 0.1) is 11.3 Å². The maximum Gasteiger partial charge on any atom is 0.318 e. The van der Waals surface area contributed by atoms with Gasteiger partial charge in [-0.05, 0) is 71.2 Å². The van der Waals surface area contributed by atoms with Crippen LogP contribution < -0.4 is 16.4 Å². The number of benzene rings is 3. The Morgan fingerprint density at radius 1 is 0.889 bits per heavy atom. The molecule has 0 saturated heterocycles. The summed E-state index contributed by atoms with van der Waals surface area (Å²) in [4.78, 5) is 34.1. The molecule has 0 aliphatic heterocycles. The van der Waals surface area contributed by atoms with Crippen molar-refractivity contribution in [3.63, 3.8) is 0 Å². The van der Waals surface area contributed by atoms with Gasteiger partial charge in [-0.2, -0.15) is 0 Å². The van der Waals surface area contributed by atoms with Gasteiger partial charge in [-0.15, -0.1) is 0 Å². The summed E-state index contributed by atoms with van der Waals surface area (Å²) < 4.78 is 0. The Hall–Kier alpha value is -4.23. The zero-order chi connectivity index (χ0) is 32.1. The molecular weight excluding hydrogens is 558 g/mol. The van der Waals surface area contributed by atoms with Crippen molar-refractivity contribution in [3.8, 4) is 0 Å². The summed E-state index contributed by atoms with van der Waals surface area (Å²) in [6.07, 6.45) is 5.40. The van der Waals surface area contributed by atoms with Crippen LogP contribution in [-0.2, 0) is 24.1 Å². The van der Waals surface area contributed by atoms with Crippen LogP contribution in [0.1, 0.15) is 50.4 Å². The highest BCUT2D eigenvalue weighted by Gasteiger charge is 2.28. The van der Waals surface area contributed by atoms with Crippen LogP contribution in [0.2, 0.25) is 0 Å². The van der Waals surface area contributed by atoms with Crippen molar-refractivity contribution in [1.82, 2.24) is 20.5 Å². The summed E-state index contributed by atoms with van der Waals surface area (Å²) in [5.41, 5.74) is 8.78. The zero-order valence-corrected chi connectivity index (χ0v) is 27.0. The molecule has 2 atom stereocenters. The number of carbonyl (C=O) groups excluding carboxylic acids is 2. The molecule has 4 N–H and O–H groups in total. The molecule has 3 amide bonds. The van der Waals surface area contributed by atoms with Crippen LogP contribution >= 0.6 is 0 Å². The molecule has 4 rings (SSSR count). The van der Waals surface area contributed by atoms with Gasteiger partial charge < -0.3 is 21.3 Å². The van der Waals surface area contributed by atoms with Crippen molar-refractivity contribution in [2.75, 3.05) is 26.2 Å². The topological polar surface area (TPSA) is 100 Å². The molecule has 7 heteroatoms. The zero-order valence-electron chi connectivity index (χ0n) is 27.0. The van der Waals surface area contributed by atoms with E-state index in [2.05, 4.69) is 66.7 Å². The third kappa shape index (κ3) is 10.7. The predicted molar refractivity (Wildman–Crippen MR) is 184 cm³/mol. The maximum absolute atomic E-state index is 14.0. The highest BCUT2D eigenvalue weighted by molar-refractivity contribution is 5.90. The Morgan fingerprint density at radius 2 is 1.60 bits per heavy atom. The van der Waals surface area contributed by atoms with E-state index in [4.69, 9.17) is 5.73 Å². The van der Waals surface area contributed by atoms with Gasteiger partial charge in [0.05, 0.1) is 0 Å². The Morgan fingerprint density at radius 3 is 2.36 bits per heavy atom. The fraction of sp³-hybridized carbons (Fsp3) is 0.395. The van der Waals surface area contributed by atoms with Gasteiger partial charge in [0, 0.05) is 44.4 Å². The summed E-state index contributed by atoms with van der Waals surface area (Å²) in [6.45, 7) is 8.73. The molecule has 0 fully saturated rings. The minimum absolute atomic E-state index is 0.108. The minimum Gasteiger partial charge on any atom is -0.354 e. The molecule has 0 aliphatic carbocycles. The molecule has 0 saturated carbocycles. The third-order valence-electron chi connectivity index (χ3n) is 8.38. The molecule has 238 valence electrons.